The van der Waals surface area contributed by atoms with Crippen molar-refractivity contribution in [3.63, 3.8) is 0 Å². The van der Waals surface area contributed by atoms with Crippen LogP contribution in [0.25, 0.3) is 21.5 Å². The molecule has 0 saturated carbocycles. The van der Waals surface area contributed by atoms with E-state index < -0.39 is 0 Å². The summed E-state index contributed by atoms with van der Waals surface area (Å²) in [5.41, 5.74) is 2.47. The molecule has 49 heavy (non-hydrogen) atoms. The number of rotatable bonds is 10. The molecule has 0 spiro atoms. The van der Waals surface area contributed by atoms with Gasteiger partial charge in [0.05, 0.1) is 0 Å². The quantitative estimate of drug-likeness (QED) is 0.0694. The first-order chi connectivity index (χ1) is 23.7. The fraction of sp³-hybridized carbons (Fsp3) is 0.189. The van der Waals surface area contributed by atoms with Gasteiger partial charge in [-0.15, -0.1) is 0 Å². The summed E-state index contributed by atoms with van der Waals surface area (Å²) in [6.07, 6.45) is 0.745. The minimum Gasteiger partial charge on any atom is -0.287 e. The van der Waals surface area contributed by atoms with Gasteiger partial charge in [0.25, 0.3) is 23.6 Å². The van der Waals surface area contributed by atoms with Gasteiger partial charge in [0, 0.05) is 64.7 Å². The van der Waals surface area contributed by atoms with Gasteiger partial charge in [0.2, 0.25) is 0 Å². The van der Waals surface area contributed by atoms with Gasteiger partial charge < -0.3 is 0 Å². The van der Waals surface area contributed by atoms with Crippen molar-refractivity contribution in [3.8, 4) is 0 Å². The molecule has 0 radical (unpaired) electrons. The molecule has 0 fully saturated rings. The predicted molar refractivity (Wildman–Crippen MR) is 186 cm³/mol. The lowest BCUT2D eigenvalue weighted by atomic mass is 9.94. The third kappa shape index (κ3) is 6.25. The molecular weight excluding hydrogens is 661 g/mol. The number of hydrogen-bond donors (Lipinski definition) is 0. The molecule has 0 atom stereocenters. The first-order valence-corrected chi connectivity index (χ1v) is 17.4. The van der Waals surface area contributed by atoms with Gasteiger partial charge in [0.15, 0.2) is 15.4 Å². The van der Waals surface area contributed by atoms with Gasteiger partial charge in [-0.05, 0) is 84.4 Å². The molecule has 0 unspecified atom stereocenters. The zero-order valence-corrected chi connectivity index (χ0v) is 27.9. The van der Waals surface area contributed by atoms with Crippen LogP contribution >= 0.6 is 23.5 Å². The highest BCUT2D eigenvalue weighted by Gasteiger charge is 2.33. The number of amides is 4. The van der Waals surface area contributed by atoms with E-state index in [0.717, 1.165) is 34.3 Å². The summed E-state index contributed by atoms with van der Waals surface area (Å²) in [6, 6.07) is 23.1. The summed E-state index contributed by atoms with van der Waals surface area (Å²) in [5.74, 6) is -1.49. The van der Waals surface area contributed by atoms with Crippen LogP contribution in [0, 0.1) is 6.92 Å². The van der Waals surface area contributed by atoms with Crippen LogP contribution in [-0.2, 0) is 9.59 Å². The summed E-state index contributed by atoms with van der Waals surface area (Å²) in [7, 11) is 0. The molecular formula is C37H28N4O6S2. The van der Waals surface area contributed by atoms with E-state index in [1.165, 1.54) is 9.80 Å². The largest absolute Gasteiger partial charge is 0.287 e. The second-order valence-electron chi connectivity index (χ2n) is 11.7. The summed E-state index contributed by atoms with van der Waals surface area (Å²) in [4.78, 5) is 89.4. The lowest BCUT2D eigenvalue weighted by molar-refractivity contribution is -0.111. The lowest BCUT2D eigenvalue weighted by Gasteiger charge is -2.27. The maximum absolute atomic E-state index is 13.1. The molecule has 2 aliphatic heterocycles. The number of thioether (sulfide) groups is 2. The number of imide groups is 2. The first kappa shape index (κ1) is 32.4. The highest BCUT2D eigenvalue weighted by Crippen LogP contribution is 2.32. The van der Waals surface area contributed by atoms with Gasteiger partial charge >= 0.3 is 0 Å². The van der Waals surface area contributed by atoms with Crippen molar-refractivity contribution in [3.05, 3.63) is 107 Å². The average Bonchev–Trinajstić information content (AvgIpc) is 3.08. The Kier molecular flexibility index (Phi) is 8.82. The van der Waals surface area contributed by atoms with Crippen molar-refractivity contribution in [2.24, 2.45) is 0 Å². The Balaban J connectivity index is 0.911. The van der Waals surface area contributed by atoms with Crippen LogP contribution in [-0.4, -0.2) is 66.7 Å². The molecule has 0 aliphatic carbocycles. The second kappa shape index (κ2) is 13.4. The van der Waals surface area contributed by atoms with E-state index in [1.807, 2.05) is 24.3 Å². The van der Waals surface area contributed by atoms with Crippen LogP contribution in [0.4, 0.5) is 0 Å². The van der Waals surface area contributed by atoms with E-state index in [0.29, 0.717) is 43.7 Å². The fourth-order valence-electron chi connectivity index (χ4n) is 6.26. The van der Waals surface area contributed by atoms with E-state index in [-0.39, 0.29) is 77.8 Å². The van der Waals surface area contributed by atoms with Crippen LogP contribution in [0.15, 0.2) is 89.0 Å². The first-order valence-electron chi connectivity index (χ1n) is 15.7. The molecule has 2 aliphatic rings. The van der Waals surface area contributed by atoms with E-state index in [1.54, 1.807) is 61.5 Å². The third-order valence-electron chi connectivity index (χ3n) is 8.47. The SMILES string of the molecule is Cc1cc(SC(=O)CCCN2C(=O)c3cccc4cccc(c34)C2=O)nc(SC(=O)CCCN2C(=O)c3cccc4cccc(c34)C2=O)n1. The maximum atomic E-state index is 13.1. The van der Waals surface area contributed by atoms with Crippen LogP contribution in [0.2, 0.25) is 0 Å². The zero-order valence-electron chi connectivity index (χ0n) is 26.3. The zero-order chi connectivity index (χ0) is 34.2. The lowest BCUT2D eigenvalue weighted by Crippen LogP contribution is -2.41. The number of benzene rings is 4. The summed E-state index contributed by atoms with van der Waals surface area (Å²) >= 11 is 1.76. The van der Waals surface area contributed by atoms with Crippen molar-refractivity contribution >= 4 is 78.9 Å². The number of nitrogens with zero attached hydrogens (tertiary/aromatic N) is 4. The molecule has 7 rings (SSSR count). The molecule has 4 aromatic carbocycles. The van der Waals surface area contributed by atoms with E-state index in [2.05, 4.69) is 9.97 Å². The summed E-state index contributed by atoms with van der Waals surface area (Å²) in [5, 5.41) is 3.12. The van der Waals surface area contributed by atoms with Crippen molar-refractivity contribution in [2.45, 2.75) is 42.8 Å². The normalized spacial score (nSPS) is 13.9. The average molecular weight is 689 g/mol. The smallest absolute Gasteiger partial charge is 0.261 e. The number of hydrogen-bond acceptors (Lipinski definition) is 10. The fourth-order valence-corrected chi connectivity index (χ4v) is 7.94. The molecule has 0 bridgehead atoms. The molecule has 12 heteroatoms. The molecule has 3 heterocycles. The molecule has 0 saturated heterocycles. The van der Waals surface area contributed by atoms with Gasteiger partial charge in [-0.3, -0.25) is 38.6 Å². The third-order valence-corrected chi connectivity index (χ3v) is 10.1. The van der Waals surface area contributed by atoms with E-state index >= 15 is 0 Å². The Bertz CT molecular complexity index is 2000. The highest BCUT2D eigenvalue weighted by atomic mass is 32.2. The molecule has 0 N–H and O–H groups in total. The topological polar surface area (TPSA) is 135 Å². The van der Waals surface area contributed by atoms with Gasteiger partial charge in [-0.25, -0.2) is 9.97 Å². The van der Waals surface area contributed by atoms with Gasteiger partial charge in [-0.2, -0.15) is 0 Å². The monoisotopic (exact) mass is 688 g/mol. The number of carbonyl (C=O) groups is 6. The minimum atomic E-state index is -0.375. The molecule has 5 aromatic rings. The Morgan fingerprint density at radius 1 is 0.592 bits per heavy atom. The summed E-state index contributed by atoms with van der Waals surface area (Å²) in [6.45, 7) is 1.93. The number of carbonyl (C=O) groups excluding carboxylic acids is 6. The number of aryl methyl sites for hydroxylation is 1. The Labute approximate surface area is 289 Å². The van der Waals surface area contributed by atoms with Crippen molar-refractivity contribution in [2.75, 3.05) is 13.1 Å². The molecule has 10 nitrogen and oxygen atoms in total. The standard InChI is InChI=1S/C37H28N4O6S2/c1-21-20-28(48-29(42)16-6-18-40-33(44)24-12-2-8-22-9-3-13-25(31(22)24)34(40)45)39-37(38-21)49-30(43)17-7-19-41-35(46)26-14-4-10-23-11-5-15-27(32(23)26)36(41)47/h2-5,8-15,20H,6-7,16-19H2,1H3. The van der Waals surface area contributed by atoms with Crippen molar-refractivity contribution in [1.82, 2.24) is 19.8 Å². The second-order valence-corrected chi connectivity index (χ2v) is 13.8. The predicted octanol–water partition coefficient (Wildman–Crippen LogP) is 6.48. The van der Waals surface area contributed by atoms with Crippen molar-refractivity contribution < 1.29 is 28.8 Å². The maximum Gasteiger partial charge on any atom is 0.261 e. The number of aromatic nitrogens is 2. The van der Waals surface area contributed by atoms with Crippen molar-refractivity contribution in [1.29, 1.82) is 0 Å². The van der Waals surface area contributed by atoms with Crippen LogP contribution in [0.5, 0.6) is 0 Å². The molecule has 244 valence electrons. The van der Waals surface area contributed by atoms with Crippen LogP contribution in [0.1, 0.15) is 72.8 Å². The minimum absolute atomic E-state index is 0.0825. The Morgan fingerprint density at radius 3 is 1.43 bits per heavy atom. The van der Waals surface area contributed by atoms with E-state index in [9.17, 15) is 28.8 Å². The summed E-state index contributed by atoms with van der Waals surface area (Å²) < 4.78 is 0. The Hall–Kier alpha value is -5.20. The van der Waals surface area contributed by atoms with Gasteiger partial charge in [0.1, 0.15) is 5.03 Å². The Morgan fingerprint density at radius 2 is 1.00 bits per heavy atom. The van der Waals surface area contributed by atoms with E-state index in [4.69, 9.17) is 0 Å². The highest BCUT2D eigenvalue weighted by molar-refractivity contribution is 8.14. The van der Waals surface area contributed by atoms with Crippen LogP contribution in [0.3, 0.4) is 0 Å². The van der Waals surface area contributed by atoms with Crippen LogP contribution < -0.4 is 0 Å². The molecule has 4 amide bonds. The molecule has 1 aromatic heterocycles. The van der Waals surface area contributed by atoms with Gasteiger partial charge in [-0.1, -0.05) is 48.5 Å².